The molecule has 3 rings (SSSR count). The molecule has 0 radical (unpaired) electrons. The largest absolute Gasteiger partial charge is 0.304 e. The molecule has 1 aromatic rings. The summed E-state index contributed by atoms with van der Waals surface area (Å²) < 4.78 is 0. The highest BCUT2D eigenvalue weighted by atomic mass is 16.1. The van der Waals surface area contributed by atoms with E-state index in [-0.39, 0.29) is 5.78 Å². The van der Waals surface area contributed by atoms with E-state index in [1.54, 1.807) is 6.20 Å². The summed E-state index contributed by atoms with van der Waals surface area (Å²) in [5.41, 5.74) is 1.72. The third-order valence-electron chi connectivity index (χ3n) is 4.68. The molecule has 21 heavy (non-hydrogen) atoms. The highest BCUT2D eigenvalue weighted by Crippen LogP contribution is 2.19. The molecule has 0 amide bonds. The topological polar surface area (TPSA) is 49.3 Å². The van der Waals surface area contributed by atoms with Crippen molar-refractivity contribution in [3.05, 3.63) is 23.3 Å². The van der Waals surface area contributed by atoms with Crippen LogP contribution in [0.25, 0.3) is 0 Å². The van der Waals surface area contributed by atoms with Gasteiger partial charge < -0.3 is 9.80 Å². The number of fused-ring (bicyclic) bond motifs is 1. The van der Waals surface area contributed by atoms with Crippen molar-refractivity contribution in [1.82, 2.24) is 19.8 Å². The molecule has 5 heteroatoms. The van der Waals surface area contributed by atoms with Gasteiger partial charge in [-0.25, -0.2) is 9.97 Å². The number of nitrogens with zero attached hydrogens (tertiary/aromatic N) is 4. The van der Waals surface area contributed by atoms with Crippen LogP contribution in [0.4, 0.5) is 0 Å². The average molecular weight is 288 g/mol. The lowest BCUT2D eigenvalue weighted by molar-refractivity contribution is 0.0981. The summed E-state index contributed by atoms with van der Waals surface area (Å²) in [4.78, 5) is 25.9. The summed E-state index contributed by atoms with van der Waals surface area (Å²) in [6.45, 7) is 3.26. The Morgan fingerprint density at radius 1 is 1.24 bits per heavy atom. The molecule has 1 aromatic heterocycles. The van der Waals surface area contributed by atoms with Crippen LogP contribution in [-0.4, -0.2) is 65.3 Å². The van der Waals surface area contributed by atoms with Gasteiger partial charge in [0.2, 0.25) is 0 Å². The van der Waals surface area contributed by atoms with Crippen molar-refractivity contribution in [2.75, 3.05) is 33.7 Å². The number of piperazine rings is 1. The van der Waals surface area contributed by atoms with Crippen LogP contribution in [0.2, 0.25) is 0 Å². The van der Waals surface area contributed by atoms with Gasteiger partial charge in [0.25, 0.3) is 0 Å². The first-order chi connectivity index (χ1) is 10.1. The SMILES string of the molecule is CN1CCN(C)C(Cc2ncc3c(n2)CCCCC3=O)C1. The van der Waals surface area contributed by atoms with Crippen LogP contribution in [0.3, 0.4) is 0 Å². The van der Waals surface area contributed by atoms with Gasteiger partial charge in [0.05, 0.1) is 11.3 Å². The molecule has 114 valence electrons. The number of aryl methyl sites for hydroxylation is 1. The van der Waals surface area contributed by atoms with Crippen LogP contribution >= 0.6 is 0 Å². The predicted octanol–water partition coefficient (Wildman–Crippen LogP) is 1.17. The second-order valence-corrected chi connectivity index (χ2v) is 6.38. The Morgan fingerprint density at radius 3 is 2.90 bits per heavy atom. The maximum Gasteiger partial charge on any atom is 0.166 e. The van der Waals surface area contributed by atoms with Crippen LogP contribution in [0.1, 0.15) is 41.1 Å². The molecular formula is C16H24N4O. The highest BCUT2D eigenvalue weighted by Gasteiger charge is 2.24. The average Bonchev–Trinajstić information content (AvgIpc) is 2.65. The summed E-state index contributed by atoms with van der Waals surface area (Å²) in [7, 11) is 4.33. The van der Waals surface area contributed by atoms with Gasteiger partial charge in [-0.15, -0.1) is 0 Å². The van der Waals surface area contributed by atoms with Crippen molar-refractivity contribution in [1.29, 1.82) is 0 Å². The van der Waals surface area contributed by atoms with Crippen molar-refractivity contribution in [2.24, 2.45) is 0 Å². The molecule has 0 spiro atoms. The summed E-state index contributed by atoms with van der Waals surface area (Å²) in [5.74, 6) is 1.10. The first-order valence-electron chi connectivity index (χ1n) is 7.90. The minimum Gasteiger partial charge on any atom is -0.304 e. The third kappa shape index (κ3) is 3.30. The molecule has 0 aromatic carbocycles. The molecule has 2 aliphatic rings. The number of aromatic nitrogens is 2. The number of carbonyl (C=O) groups is 1. The Labute approximate surface area is 126 Å². The van der Waals surface area contributed by atoms with Crippen LogP contribution < -0.4 is 0 Å². The maximum absolute atomic E-state index is 12.0. The molecule has 1 fully saturated rings. The Hall–Kier alpha value is -1.33. The number of hydrogen-bond donors (Lipinski definition) is 0. The van der Waals surface area contributed by atoms with Crippen molar-refractivity contribution >= 4 is 5.78 Å². The van der Waals surface area contributed by atoms with Gasteiger partial charge in [0, 0.05) is 44.7 Å². The van der Waals surface area contributed by atoms with Gasteiger partial charge in [-0.1, -0.05) is 0 Å². The van der Waals surface area contributed by atoms with Crippen molar-refractivity contribution in [3.63, 3.8) is 0 Å². The quantitative estimate of drug-likeness (QED) is 0.765. The zero-order valence-corrected chi connectivity index (χ0v) is 13.0. The molecule has 0 saturated carbocycles. The summed E-state index contributed by atoms with van der Waals surface area (Å²) in [6, 6.07) is 0.461. The van der Waals surface area contributed by atoms with Crippen molar-refractivity contribution in [3.8, 4) is 0 Å². The van der Waals surface area contributed by atoms with Gasteiger partial charge in [-0.05, 0) is 33.4 Å². The molecule has 1 aliphatic heterocycles. The predicted molar refractivity (Wildman–Crippen MR) is 81.5 cm³/mol. The van der Waals surface area contributed by atoms with Gasteiger partial charge >= 0.3 is 0 Å². The van der Waals surface area contributed by atoms with Gasteiger partial charge in [-0.3, -0.25) is 4.79 Å². The van der Waals surface area contributed by atoms with Crippen LogP contribution in [0.15, 0.2) is 6.20 Å². The van der Waals surface area contributed by atoms with E-state index in [9.17, 15) is 4.79 Å². The van der Waals surface area contributed by atoms with Crippen LogP contribution in [0.5, 0.6) is 0 Å². The van der Waals surface area contributed by atoms with E-state index in [2.05, 4.69) is 28.9 Å². The minimum absolute atomic E-state index is 0.212. The maximum atomic E-state index is 12.0. The lowest BCUT2D eigenvalue weighted by atomic mass is 10.1. The lowest BCUT2D eigenvalue weighted by Gasteiger charge is -2.37. The Balaban J connectivity index is 1.77. The fourth-order valence-corrected chi connectivity index (χ4v) is 3.23. The first-order valence-corrected chi connectivity index (χ1v) is 7.90. The summed E-state index contributed by atoms with van der Waals surface area (Å²) in [5, 5.41) is 0. The van der Waals surface area contributed by atoms with Gasteiger partial charge in [-0.2, -0.15) is 0 Å². The Bertz CT molecular complexity index is 531. The number of likely N-dealkylation sites (N-methyl/N-ethyl adjacent to an activating group) is 2. The minimum atomic E-state index is 0.212. The molecule has 1 atom stereocenters. The van der Waals surface area contributed by atoms with E-state index in [0.29, 0.717) is 12.5 Å². The van der Waals surface area contributed by atoms with Crippen molar-refractivity contribution in [2.45, 2.75) is 38.1 Å². The highest BCUT2D eigenvalue weighted by molar-refractivity contribution is 5.97. The molecule has 1 saturated heterocycles. The molecule has 2 heterocycles. The van der Waals surface area contributed by atoms with E-state index in [1.165, 1.54) is 0 Å². The summed E-state index contributed by atoms with van der Waals surface area (Å²) >= 11 is 0. The molecular weight excluding hydrogens is 264 g/mol. The van der Waals surface area contributed by atoms with E-state index < -0.39 is 0 Å². The standard InChI is InChI=1S/C16H24N4O/c1-19-7-8-20(2)12(11-19)9-16-17-10-13-14(18-16)5-3-4-6-15(13)21/h10,12H,3-9,11H2,1-2H3. The molecule has 0 N–H and O–H groups in total. The fraction of sp³-hybridized carbons (Fsp3) is 0.688. The van der Waals surface area contributed by atoms with E-state index in [0.717, 1.165) is 62.4 Å². The van der Waals surface area contributed by atoms with Gasteiger partial charge in [0.15, 0.2) is 5.78 Å². The molecule has 0 bridgehead atoms. The van der Waals surface area contributed by atoms with Crippen LogP contribution in [0, 0.1) is 0 Å². The second kappa shape index (κ2) is 6.20. The number of Topliss-reactive ketones (excluding diaryl/α,β-unsaturated/α-hetero) is 1. The number of hydrogen-bond acceptors (Lipinski definition) is 5. The second-order valence-electron chi connectivity index (χ2n) is 6.38. The van der Waals surface area contributed by atoms with E-state index >= 15 is 0 Å². The van der Waals surface area contributed by atoms with Crippen molar-refractivity contribution < 1.29 is 4.79 Å². The van der Waals surface area contributed by atoms with Gasteiger partial charge in [0.1, 0.15) is 5.82 Å². The summed E-state index contributed by atoms with van der Waals surface area (Å²) in [6.07, 6.45) is 6.21. The fourth-order valence-electron chi connectivity index (χ4n) is 3.23. The Kier molecular flexibility index (Phi) is 4.31. The zero-order valence-electron chi connectivity index (χ0n) is 13.0. The molecule has 5 nitrogen and oxygen atoms in total. The smallest absolute Gasteiger partial charge is 0.166 e. The molecule has 1 unspecified atom stereocenters. The number of carbonyl (C=O) groups excluding carboxylic acids is 1. The lowest BCUT2D eigenvalue weighted by Crippen LogP contribution is -2.51. The number of rotatable bonds is 2. The molecule has 1 aliphatic carbocycles. The third-order valence-corrected chi connectivity index (χ3v) is 4.68. The Morgan fingerprint density at radius 2 is 2.05 bits per heavy atom. The first kappa shape index (κ1) is 14.6. The van der Waals surface area contributed by atoms with E-state index in [1.807, 2.05) is 0 Å². The number of ketones is 1. The monoisotopic (exact) mass is 288 g/mol. The van der Waals surface area contributed by atoms with Crippen LogP contribution in [-0.2, 0) is 12.8 Å². The normalized spacial score (nSPS) is 24.7. The zero-order chi connectivity index (χ0) is 14.8. The van der Waals surface area contributed by atoms with E-state index in [4.69, 9.17) is 4.98 Å².